The van der Waals surface area contributed by atoms with Crippen LogP contribution in [-0.4, -0.2) is 19.5 Å². The van der Waals surface area contributed by atoms with Crippen molar-refractivity contribution in [2.45, 2.75) is 33.2 Å². The van der Waals surface area contributed by atoms with Crippen molar-refractivity contribution in [3.8, 4) is 11.5 Å². The maximum Gasteiger partial charge on any atom is 0.264 e. The predicted octanol–water partition coefficient (Wildman–Crippen LogP) is 2.21. The number of H-pyrrole nitrogens is 1. The van der Waals surface area contributed by atoms with E-state index in [1.165, 1.54) is 0 Å². The lowest BCUT2D eigenvalue weighted by Gasteiger charge is -2.07. The Labute approximate surface area is 119 Å². The molecule has 0 fully saturated rings. The van der Waals surface area contributed by atoms with Gasteiger partial charge >= 0.3 is 0 Å². The molecule has 0 bridgehead atoms. The second kappa shape index (κ2) is 5.64. The van der Waals surface area contributed by atoms with Crippen LogP contribution in [0.25, 0.3) is 11.5 Å². The zero-order valence-corrected chi connectivity index (χ0v) is 12.6. The van der Waals surface area contributed by atoms with E-state index in [0.717, 1.165) is 30.8 Å². The molecule has 96 valence electrons. The zero-order chi connectivity index (χ0) is 13.1. The fourth-order valence-corrected chi connectivity index (χ4v) is 2.32. The van der Waals surface area contributed by atoms with Gasteiger partial charge in [-0.1, -0.05) is 13.3 Å². The molecule has 0 aliphatic carbocycles. The normalized spacial score (nSPS) is 10.8. The molecule has 0 saturated heterocycles. The molecule has 0 unspecified atom stereocenters. The minimum Gasteiger partial charge on any atom is -0.328 e. The zero-order valence-electron chi connectivity index (χ0n) is 10.4. The standard InChI is InChI=1S/C12H15IN4O/c1-3-5-8-10(13)12(18)16-11(15-8)9-6-14-7-17(9)4-2/h6-7H,3-5H2,1-2H3,(H,15,16,18). The highest BCUT2D eigenvalue weighted by molar-refractivity contribution is 14.1. The summed E-state index contributed by atoms with van der Waals surface area (Å²) in [4.78, 5) is 23.4. The Morgan fingerprint density at radius 3 is 2.89 bits per heavy atom. The lowest BCUT2D eigenvalue weighted by Crippen LogP contribution is -2.17. The van der Waals surface area contributed by atoms with Gasteiger partial charge in [-0.05, 0) is 35.9 Å². The summed E-state index contributed by atoms with van der Waals surface area (Å²) >= 11 is 2.05. The Kier molecular flexibility index (Phi) is 4.15. The molecule has 0 aromatic carbocycles. The van der Waals surface area contributed by atoms with Gasteiger partial charge in [-0.15, -0.1) is 0 Å². The number of aromatic nitrogens is 4. The van der Waals surface area contributed by atoms with Crippen LogP contribution in [0, 0.1) is 3.57 Å². The van der Waals surface area contributed by atoms with Gasteiger partial charge in [0.1, 0.15) is 5.69 Å². The van der Waals surface area contributed by atoms with E-state index in [-0.39, 0.29) is 5.56 Å². The number of aryl methyl sites for hydroxylation is 2. The van der Waals surface area contributed by atoms with Crippen molar-refractivity contribution in [2.75, 3.05) is 0 Å². The lowest BCUT2D eigenvalue weighted by atomic mass is 10.2. The maximum absolute atomic E-state index is 11.9. The first-order valence-electron chi connectivity index (χ1n) is 5.96. The van der Waals surface area contributed by atoms with E-state index in [2.05, 4.69) is 44.5 Å². The Balaban J connectivity index is 2.55. The molecule has 2 heterocycles. The summed E-state index contributed by atoms with van der Waals surface area (Å²) in [5.74, 6) is 0.600. The molecule has 0 atom stereocenters. The molecule has 1 N–H and O–H groups in total. The van der Waals surface area contributed by atoms with Crippen LogP contribution in [0.3, 0.4) is 0 Å². The van der Waals surface area contributed by atoms with Crippen molar-refractivity contribution in [3.05, 3.63) is 32.1 Å². The van der Waals surface area contributed by atoms with Crippen LogP contribution in [-0.2, 0) is 13.0 Å². The molecule has 18 heavy (non-hydrogen) atoms. The minimum atomic E-state index is -0.0760. The highest BCUT2D eigenvalue weighted by Gasteiger charge is 2.12. The van der Waals surface area contributed by atoms with Crippen molar-refractivity contribution < 1.29 is 0 Å². The fraction of sp³-hybridized carbons (Fsp3) is 0.417. The Morgan fingerprint density at radius 2 is 2.22 bits per heavy atom. The average Bonchev–Trinajstić information content (AvgIpc) is 2.83. The lowest BCUT2D eigenvalue weighted by molar-refractivity contribution is 0.759. The van der Waals surface area contributed by atoms with Gasteiger partial charge in [0.25, 0.3) is 5.56 Å². The SMILES string of the molecule is CCCc1nc(-c2cncn2CC)[nH]c(=O)c1I. The van der Waals surface area contributed by atoms with E-state index < -0.39 is 0 Å². The van der Waals surface area contributed by atoms with Crippen LogP contribution in [0.2, 0.25) is 0 Å². The van der Waals surface area contributed by atoms with Crippen molar-refractivity contribution in [1.29, 1.82) is 0 Å². The highest BCUT2D eigenvalue weighted by Crippen LogP contribution is 2.16. The third-order valence-electron chi connectivity index (χ3n) is 2.71. The molecular weight excluding hydrogens is 343 g/mol. The van der Waals surface area contributed by atoms with Crippen LogP contribution in [0.5, 0.6) is 0 Å². The molecule has 6 heteroatoms. The number of hydrogen-bond acceptors (Lipinski definition) is 3. The number of imidazole rings is 1. The topological polar surface area (TPSA) is 63.6 Å². The largest absolute Gasteiger partial charge is 0.328 e. The molecule has 0 aliphatic heterocycles. The first-order valence-corrected chi connectivity index (χ1v) is 7.04. The van der Waals surface area contributed by atoms with Crippen LogP contribution < -0.4 is 5.56 Å². The van der Waals surface area contributed by atoms with Crippen molar-refractivity contribution in [2.24, 2.45) is 0 Å². The van der Waals surface area contributed by atoms with Crippen molar-refractivity contribution in [3.63, 3.8) is 0 Å². The quantitative estimate of drug-likeness (QED) is 0.853. The van der Waals surface area contributed by atoms with Gasteiger partial charge in [0, 0.05) is 6.54 Å². The van der Waals surface area contributed by atoms with Gasteiger partial charge in [0.2, 0.25) is 0 Å². The van der Waals surface area contributed by atoms with Crippen LogP contribution in [0.15, 0.2) is 17.3 Å². The third kappa shape index (κ3) is 2.47. The number of halogens is 1. The third-order valence-corrected chi connectivity index (χ3v) is 3.83. The Bertz CT molecular complexity index is 602. The fourth-order valence-electron chi connectivity index (χ4n) is 1.80. The average molecular weight is 358 g/mol. The Hall–Kier alpha value is -1.18. The molecule has 0 spiro atoms. The van der Waals surface area contributed by atoms with E-state index in [9.17, 15) is 4.79 Å². The van der Waals surface area contributed by atoms with Gasteiger partial charge in [0.15, 0.2) is 5.82 Å². The minimum absolute atomic E-state index is 0.0760. The van der Waals surface area contributed by atoms with Gasteiger partial charge in [0.05, 0.1) is 21.8 Å². The predicted molar refractivity (Wildman–Crippen MR) is 78.5 cm³/mol. The second-order valence-corrected chi connectivity index (χ2v) is 5.07. The number of hydrogen-bond donors (Lipinski definition) is 1. The molecule has 2 aromatic heterocycles. The monoisotopic (exact) mass is 358 g/mol. The van der Waals surface area contributed by atoms with Crippen LogP contribution in [0.1, 0.15) is 26.0 Å². The molecule has 5 nitrogen and oxygen atoms in total. The van der Waals surface area contributed by atoms with E-state index in [4.69, 9.17) is 0 Å². The molecule has 0 radical (unpaired) electrons. The summed E-state index contributed by atoms with van der Waals surface area (Å²) in [6.07, 6.45) is 5.26. The second-order valence-electron chi connectivity index (χ2n) is 3.99. The Morgan fingerprint density at radius 1 is 1.44 bits per heavy atom. The summed E-state index contributed by atoms with van der Waals surface area (Å²) < 4.78 is 2.64. The van der Waals surface area contributed by atoms with E-state index in [1.807, 2.05) is 11.5 Å². The smallest absolute Gasteiger partial charge is 0.264 e. The summed E-state index contributed by atoms with van der Waals surface area (Å²) in [6, 6.07) is 0. The van der Waals surface area contributed by atoms with Gasteiger partial charge in [-0.3, -0.25) is 4.79 Å². The van der Waals surface area contributed by atoms with E-state index in [0.29, 0.717) is 9.39 Å². The molecule has 2 rings (SSSR count). The van der Waals surface area contributed by atoms with Gasteiger partial charge in [-0.25, -0.2) is 9.97 Å². The number of rotatable bonds is 4. The van der Waals surface area contributed by atoms with Gasteiger partial charge in [-0.2, -0.15) is 0 Å². The summed E-state index contributed by atoms with van der Waals surface area (Å²) in [6.45, 7) is 4.91. The molecule has 0 amide bonds. The molecule has 0 aliphatic rings. The molecular formula is C12H15IN4O. The van der Waals surface area contributed by atoms with Crippen LogP contribution >= 0.6 is 22.6 Å². The maximum atomic E-state index is 11.9. The summed E-state index contributed by atoms with van der Waals surface area (Å²) in [7, 11) is 0. The summed E-state index contributed by atoms with van der Waals surface area (Å²) in [5.41, 5.74) is 1.64. The van der Waals surface area contributed by atoms with E-state index >= 15 is 0 Å². The number of nitrogens with one attached hydrogen (secondary N) is 1. The number of nitrogens with zero attached hydrogens (tertiary/aromatic N) is 3. The molecule has 0 saturated carbocycles. The first kappa shape index (κ1) is 13.3. The van der Waals surface area contributed by atoms with Gasteiger partial charge < -0.3 is 9.55 Å². The first-order chi connectivity index (χ1) is 8.67. The number of aromatic amines is 1. The van der Waals surface area contributed by atoms with Crippen molar-refractivity contribution in [1.82, 2.24) is 19.5 Å². The van der Waals surface area contributed by atoms with E-state index in [1.54, 1.807) is 12.5 Å². The summed E-state index contributed by atoms with van der Waals surface area (Å²) in [5, 5.41) is 0. The van der Waals surface area contributed by atoms with Crippen molar-refractivity contribution >= 4 is 22.6 Å². The molecule has 2 aromatic rings. The highest BCUT2D eigenvalue weighted by atomic mass is 127. The van der Waals surface area contributed by atoms with Crippen LogP contribution in [0.4, 0.5) is 0 Å².